The molecule has 4 N–H and O–H groups in total. The zero-order valence-corrected chi connectivity index (χ0v) is 12.2. The van der Waals surface area contributed by atoms with Crippen molar-refractivity contribution in [1.82, 2.24) is 5.32 Å². The minimum absolute atomic E-state index is 0.0207. The van der Waals surface area contributed by atoms with Gasteiger partial charge in [-0.05, 0) is 18.4 Å². The van der Waals surface area contributed by atoms with Crippen LogP contribution in [-0.4, -0.2) is 39.0 Å². The molecule has 0 radical (unpaired) electrons. The summed E-state index contributed by atoms with van der Waals surface area (Å²) in [4.78, 5) is 40.2. The maximum Gasteiger partial charge on any atom is 0.326 e. The Bertz CT molecular complexity index is 527. The van der Waals surface area contributed by atoms with Crippen LogP contribution in [0.15, 0.2) is 30.3 Å². The molecule has 0 fully saturated rings. The van der Waals surface area contributed by atoms with Crippen LogP contribution in [0.4, 0.5) is 0 Å². The Balaban J connectivity index is 2.48. The number of carbonyl (C=O) groups is 2. The van der Waals surface area contributed by atoms with E-state index in [2.05, 4.69) is 5.32 Å². The smallest absolute Gasteiger partial charge is 0.326 e. The van der Waals surface area contributed by atoms with Crippen LogP contribution in [0.25, 0.3) is 0 Å². The highest BCUT2D eigenvalue weighted by Crippen LogP contribution is 2.35. The average Bonchev–Trinajstić information content (AvgIpc) is 2.37. The van der Waals surface area contributed by atoms with E-state index >= 15 is 0 Å². The molecule has 1 aromatic carbocycles. The molecule has 0 saturated carbocycles. The number of carboxylic acid groups (broad SMARTS) is 1. The minimum Gasteiger partial charge on any atom is -0.480 e. The molecule has 0 spiro atoms. The van der Waals surface area contributed by atoms with Gasteiger partial charge in [-0.2, -0.15) is 0 Å². The Morgan fingerprint density at radius 3 is 2.33 bits per heavy atom. The van der Waals surface area contributed by atoms with Crippen LogP contribution in [-0.2, 0) is 20.6 Å². The van der Waals surface area contributed by atoms with E-state index in [1.54, 1.807) is 24.3 Å². The van der Waals surface area contributed by atoms with Crippen LogP contribution in [0.2, 0.25) is 0 Å². The molecule has 1 atom stereocenters. The molecule has 1 amide bonds. The second-order valence-electron chi connectivity index (χ2n) is 4.65. The van der Waals surface area contributed by atoms with Crippen molar-refractivity contribution in [3.8, 4) is 0 Å². The largest absolute Gasteiger partial charge is 0.480 e. The number of benzene rings is 1. The quantitative estimate of drug-likeness (QED) is 0.525. The van der Waals surface area contributed by atoms with Crippen LogP contribution in [0.1, 0.15) is 18.4 Å². The fourth-order valence-electron chi connectivity index (χ4n) is 1.79. The van der Waals surface area contributed by atoms with Crippen molar-refractivity contribution >= 4 is 19.5 Å². The van der Waals surface area contributed by atoms with Crippen LogP contribution in [0, 0.1) is 0 Å². The summed E-state index contributed by atoms with van der Waals surface area (Å²) in [5, 5.41) is 11.4. The van der Waals surface area contributed by atoms with Crippen LogP contribution >= 0.6 is 7.60 Å². The van der Waals surface area contributed by atoms with Gasteiger partial charge in [0.1, 0.15) is 6.04 Å². The monoisotopic (exact) mass is 315 g/mol. The Morgan fingerprint density at radius 1 is 1.19 bits per heavy atom. The second kappa shape index (κ2) is 7.93. The van der Waals surface area contributed by atoms with Crippen LogP contribution < -0.4 is 5.32 Å². The van der Waals surface area contributed by atoms with Gasteiger partial charge in [-0.3, -0.25) is 9.36 Å². The Kier molecular flexibility index (Phi) is 6.55. The van der Waals surface area contributed by atoms with Crippen molar-refractivity contribution in [2.45, 2.75) is 25.3 Å². The SMILES string of the molecule is O=C(Cc1ccccc1)N[C@H](CCCP(=O)(O)O)C(=O)O. The molecule has 0 aliphatic heterocycles. The second-order valence-corrected chi connectivity index (χ2v) is 6.43. The van der Waals surface area contributed by atoms with Gasteiger partial charge in [0.25, 0.3) is 0 Å². The maximum atomic E-state index is 11.8. The van der Waals surface area contributed by atoms with Crippen LogP contribution in [0.3, 0.4) is 0 Å². The third-order valence-electron chi connectivity index (χ3n) is 2.78. The lowest BCUT2D eigenvalue weighted by Gasteiger charge is -2.14. The van der Waals surface area contributed by atoms with Gasteiger partial charge in [0, 0.05) is 6.16 Å². The Morgan fingerprint density at radius 2 is 1.81 bits per heavy atom. The van der Waals surface area contributed by atoms with E-state index in [9.17, 15) is 14.2 Å². The van der Waals surface area contributed by atoms with E-state index in [1.807, 2.05) is 6.07 Å². The first-order chi connectivity index (χ1) is 9.78. The molecule has 0 aliphatic carbocycles. The van der Waals surface area contributed by atoms with Gasteiger partial charge in [-0.25, -0.2) is 4.79 Å². The van der Waals surface area contributed by atoms with Crippen molar-refractivity contribution < 1.29 is 29.0 Å². The highest BCUT2D eigenvalue weighted by molar-refractivity contribution is 7.51. The third kappa shape index (κ3) is 7.60. The summed E-state index contributed by atoms with van der Waals surface area (Å²) in [6.07, 6.45) is -0.345. The van der Waals surface area contributed by atoms with E-state index in [-0.39, 0.29) is 19.3 Å². The number of carbonyl (C=O) groups excluding carboxylic acids is 1. The molecular weight excluding hydrogens is 297 g/mol. The van der Waals surface area contributed by atoms with Crippen molar-refractivity contribution in [3.05, 3.63) is 35.9 Å². The fraction of sp³-hybridized carbons (Fsp3) is 0.385. The number of nitrogens with one attached hydrogen (secondary N) is 1. The van der Waals surface area contributed by atoms with E-state index < -0.39 is 31.7 Å². The summed E-state index contributed by atoms with van der Waals surface area (Å²) in [6, 6.07) is 7.72. The number of amides is 1. The summed E-state index contributed by atoms with van der Waals surface area (Å²) < 4.78 is 10.7. The summed E-state index contributed by atoms with van der Waals surface area (Å²) >= 11 is 0. The van der Waals surface area contributed by atoms with Crippen molar-refractivity contribution in [2.24, 2.45) is 0 Å². The number of carboxylic acids is 1. The molecule has 0 heterocycles. The van der Waals surface area contributed by atoms with Gasteiger partial charge in [0.2, 0.25) is 5.91 Å². The lowest BCUT2D eigenvalue weighted by atomic mass is 10.1. The highest BCUT2D eigenvalue weighted by Gasteiger charge is 2.21. The predicted octanol–water partition coefficient (Wildman–Crippen LogP) is 0.756. The molecule has 0 aliphatic rings. The number of hydrogen-bond acceptors (Lipinski definition) is 3. The van der Waals surface area contributed by atoms with Crippen LogP contribution in [0.5, 0.6) is 0 Å². The third-order valence-corrected chi connectivity index (χ3v) is 3.68. The molecule has 0 saturated heterocycles. The minimum atomic E-state index is -4.15. The zero-order valence-electron chi connectivity index (χ0n) is 11.3. The maximum absolute atomic E-state index is 11.8. The Hall–Kier alpha value is -1.69. The van der Waals surface area contributed by atoms with Gasteiger partial charge >= 0.3 is 13.6 Å². The average molecular weight is 315 g/mol. The molecule has 0 aromatic heterocycles. The summed E-state index contributed by atoms with van der Waals surface area (Å²) in [6.45, 7) is 0. The van der Waals surface area contributed by atoms with E-state index in [0.717, 1.165) is 5.56 Å². The van der Waals surface area contributed by atoms with E-state index in [0.29, 0.717) is 0 Å². The highest BCUT2D eigenvalue weighted by atomic mass is 31.2. The van der Waals surface area contributed by atoms with Crippen molar-refractivity contribution in [1.29, 1.82) is 0 Å². The molecule has 7 nitrogen and oxygen atoms in total. The number of hydrogen-bond donors (Lipinski definition) is 4. The number of aliphatic carboxylic acids is 1. The van der Waals surface area contributed by atoms with E-state index in [4.69, 9.17) is 14.9 Å². The fourth-order valence-corrected chi connectivity index (χ4v) is 2.38. The molecular formula is C13H18NO6P. The summed E-state index contributed by atoms with van der Waals surface area (Å²) in [5.41, 5.74) is 0.759. The molecule has 21 heavy (non-hydrogen) atoms. The van der Waals surface area contributed by atoms with Crippen molar-refractivity contribution in [3.63, 3.8) is 0 Å². The Labute approximate surface area is 122 Å². The number of rotatable bonds is 8. The molecule has 116 valence electrons. The van der Waals surface area contributed by atoms with Gasteiger partial charge < -0.3 is 20.2 Å². The lowest BCUT2D eigenvalue weighted by Crippen LogP contribution is -2.41. The first-order valence-corrected chi connectivity index (χ1v) is 8.18. The van der Waals surface area contributed by atoms with Gasteiger partial charge in [-0.1, -0.05) is 30.3 Å². The molecule has 8 heteroatoms. The lowest BCUT2D eigenvalue weighted by molar-refractivity contribution is -0.141. The zero-order chi connectivity index (χ0) is 15.9. The van der Waals surface area contributed by atoms with Gasteiger partial charge in [0.05, 0.1) is 6.42 Å². The summed E-state index contributed by atoms with van der Waals surface area (Å²) in [5.74, 6) is -1.66. The predicted molar refractivity (Wildman–Crippen MR) is 75.9 cm³/mol. The normalized spacial score (nSPS) is 12.7. The standard InChI is InChI=1S/C13H18NO6P/c15-12(9-10-5-2-1-3-6-10)14-11(13(16)17)7-4-8-21(18,19)20/h1-3,5-6,11H,4,7-9H2,(H,14,15)(H,16,17)(H2,18,19,20)/t11-/m1/s1. The topological polar surface area (TPSA) is 124 Å². The van der Waals surface area contributed by atoms with Crippen molar-refractivity contribution in [2.75, 3.05) is 6.16 Å². The van der Waals surface area contributed by atoms with Gasteiger partial charge in [0.15, 0.2) is 0 Å². The first kappa shape index (κ1) is 17.4. The molecule has 0 unspecified atom stereocenters. The molecule has 0 bridgehead atoms. The van der Waals surface area contributed by atoms with E-state index in [1.165, 1.54) is 0 Å². The molecule has 1 aromatic rings. The first-order valence-electron chi connectivity index (χ1n) is 6.38. The van der Waals surface area contributed by atoms with Gasteiger partial charge in [-0.15, -0.1) is 0 Å². The summed E-state index contributed by atoms with van der Waals surface area (Å²) in [7, 11) is -4.15. The molecule has 1 rings (SSSR count).